The minimum atomic E-state index is -4.14. The molecule has 0 heterocycles. The standard InChI is InChI=1S/C16H29F3/c1-4-5-6-7-8-9-12-15(16(17,18)19)13-10-11-14(2)3/h13-14H,4-12H2,1-3H3. The Labute approximate surface area is 116 Å². The Hall–Kier alpha value is -0.470. The second-order valence-electron chi connectivity index (χ2n) is 5.72. The topological polar surface area (TPSA) is 0 Å². The highest BCUT2D eigenvalue weighted by molar-refractivity contribution is 5.08. The van der Waals surface area contributed by atoms with Crippen molar-refractivity contribution >= 4 is 0 Å². The van der Waals surface area contributed by atoms with Gasteiger partial charge in [-0.3, -0.25) is 0 Å². The Balaban J connectivity index is 4.01. The third-order valence-corrected chi connectivity index (χ3v) is 3.30. The SMILES string of the molecule is CCCCCCCCC(=CCCC(C)C)C(F)(F)F. The Morgan fingerprint density at radius 1 is 1.00 bits per heavy atom. The summed E-state index contributed by atoms with van der Waals surface area (Å²) in [7, 11) is 0. The maximum Gasteiger partial charge on any atom is 0.412 e. The van der Waals surface area contributed by atoms with E-state index < -0.39 is 6.18 Å². The number of halogens is 3. The molecule has 0 saturated heterocycles. The molecule has 0 aliphatic rings. The molecule has 0 nitrogen and oxygen atoms in total. The fourth-order valence-electron chi connectivity index (χ4n) is 2.05. The van der Waals surface area contributed by atoms with E-state index in [1.54, 1.807) is 0 Å². The summed E-state index contributed by atoms with van der Waals surface area (Å²) < 4.78 is 38.4. The minimum absolute atomic E-state index is 0.188. The van der Waals surface area contributed by atoms with Crippen molar-refractivity contribution in [1.29, 1.82) is 0 Å². The zero-order valence-electron chi connectivity index (χ0n) is 12.7. The molecule has 0 saturated carbocycles. The lowest BCUT2D eigenvalue weighted by Gasteiger charge is -2.12. The molecule has 114 valence electrons. The maximum atomic E-state index is 12.8. The summed E-state index contributed by atoms with van der Waals surface area (Å²) in [6, 6.07) is 0. The van der Waals surface area contributed by atoms with E-state index in [2.05, 4.69) is 6.92 Å². The number of unbranched alkanes of at least 4 members (excludes halogenated alkanes) is 5. The van der Waals surface area contributed by atoms with Crippen molar-refractivity contribution in [3.63, 3.8) is 0 Å². The second kappa shape index (κ2) is 10.3. The van der Waals surface area contributed by atoms with Crippen LogP contribution < -0.4 is 0 Å². The van der Waals surface area contributed by atoms with Crippen LogP contribution in [0.4, 0.5) is 13.2 Å². The number of hydrogen-bond acceptors (Lipinski definition) is 0. The predicted molar refractivity (Wildman–Crippen MR) is 76.2 cm³/mol. The number of alkyl halides is 3. The molecule has 19 heavy (non-hydrogen) atoms. The predicted octanol–water partition coefficient (Wildman–Crippen LogP) is 6.66. The first-order chi connectivity index (χ1) is 8.88. The molecule has 0 aliphatic carbocycles. The molecule has 0 N–H and O–H groups in total. The molecule has 0 spiro atoms. The summed E-state index contributed by atoms with van der Waals surface area (Å²) in [6.45, 7) is 6.21. The summed E-state index contributed by atoms with van der Waals surface area (Å²) >= 11 is 0. The molecule has 0 radical (unpaired) electrons. The molecule has 0 fully saturated rings. The van der Waals surface area contributed by atoms with Gasteiger partial charge in [-0.05, 0) is 31.6 Å². The minimum Gasteiger partial charge on any atom is -0.166 e. The van der Waals surface area contributed by atoms with Gasteiger partial charge in [0.05, 0.1) is 0 Å². The van der Waals surface area contributed by atoms with Gasteiger partial charge in [-0.15, -0.1) is 0 Å². The van der Waals surface area contributed by atoms with Gasteiger partial charge in [-0.25, -0.2) is 0 Å². The number of allylic oxidation sites excluding steroid dienone is 2. The quantitative estimate of drug-likeness (QED) is 0.309. The molecule has 0 aromatic carbocycles. The number of rotatable bonds is 10. The van der Waals surface area contributed by atoms with Crippen molar-refractivity contribution in [3.8, 4) is 0 Å². The first-order valence-corrected chi connectivity index (χ1v) is 7.64. The maximum absolute atomic E-state index is 12.8. The van der Waals surface area contributed by atoms with Gasteiger partial charge in [-0.1, -0.05) is 59.0 Å². The van der Waals surface area contributed by atoms with Crippen LogP contribution in [-0.4, -0.2) is 6.18 Å². The van der Waals surface area contributed by atoms with Crippen molar-refractivity contribution in [2.24, 2.45) is 5.92 Å². The molecule has 0 atom stereocenters. The number of hydrogen-bond donors (Lipinski definition) is 0. The van der Waals surface area contributed by atoms with Gasteiger partial charge in [0, 0.05) is 5.57 Å². The van der Waals surface area contributed by atoms with E-state index in [9.17, 15) is 13.2 Å². The van der Waals surface area contributed by atoms with E-state index >= 15 is 0 Å². The summed E-state index contributed by atoms with van der Waals surface area (Å²) in [5, 5.41) is 0. The van der Waals surface area contributed by atoms with Gasteiger partial charge in [0.2, 0.25) is 0 Å². The Kier molecular flexibility index (Phi) is 10.1. The fourth-order valence-corrected chi connectivity index (χ4v) is 2.05. The van der Waals surface area contributed by atoms with E-state index in [0.29, 0.717) is 18.8 Å². The molecule has 3 heteroatoms. The van der Waals surface area contributed by atoms with Crippen LogP contribution in [-0.2, 0) is 0 Å². The van der Waals surface area contributed by atoms with Crippen LogP contribution in [0.15, 0.2) is 11.6 Å². The van der Waals surface area contributed by atoms with E-state index in [1.807, 2.05) is 13.8 Å². The first-order valence-electron chi connectivity index (χ1n) is 7.64. The van der Waals surface area contributed by atoms with Gasteiger partial charge in [-0.2, -0.15) is 13.2 Å². The lowest BCUT2D eigenvalue weighted by molar-refractivity contribution is -0.0944. The molecular weight excluding hydrogens is 249 g/mol. The smallest absolute Gasteiger partial charge is 0.166 e. The largest absolute Gasteiger partial charge is 0.412 e. The highest BCUT2D eigenvalue weighted by atomic mass is 19.4. The van der Waals surface area contributed by atoms with Gasteiger partial charge in [0.25, 0.3) is 0 Å². The third kappa shape index (κ3) is 11.1. The van der Waals surface area contributed by atoms with Crippen molar-refractivity contribution in [3.05, 3.63) is 11.6 Å². The summed E-state index contributed by atoms with van der Waals surface area (Å²) in [5.74, 6) is 0.458. The van der Waals surface area contributed by atoms with Crippen molar-refractivity contribution < 1.29 is 13.2 Å². The Bertz CT molecular complexity index is 239. The molecule has 0 aromatic rings. The highest BCUT2D eigenvalue weighted by Crippen LogP contribution is 2.30. The van der Waals surface area contributed by atoms with Crippen molar-refractivity contribution in [2.45, 2.75) is 84.7 Å². The average molecular weight is 278 g/mol. The van der Waals surface area contributed by atoms with Gasteiger partial charge >= 0.3 is 6.18 Å². The average Bonchev–Trinajstić information content (AvgIpc) is 2.29. The molecule has 0 aromatic heterocycles. The van der Waals surface area contributed by atoms with E-state index in [1.165, 1.54) is 18.9 Å². The van der Waals surface area contributed by atoms with Crippen LogP contribution in [0.1, 0.15) is 78.6 Å². The highest BCUT2D eigenvalue weighted by Gasteiger charge is 2.32. The van der Waals surface area contributed by atoms with Crippen LogP contribution in [0.2, 0.25) is 0 Å². The molecule has 0 unspecified atom stereocenters. The second-order valence-corrected chi connectivity index (χ2v) is 5.72. The molecular formula is C16H29F3. The van der Waals surface area contributed by atoms with E-state index in [4.69, 9.17) is 0 Å². The van der Waals surface area contributed by atoms with E-state index in [0.717, 1.165) is 25.7 Å². The zero-order valence-corrected chi connectivity index (χ0v) is 12.7. The van der Waals surface area contributed by atoms with E-state index in [-0.39, 0.29) is 12.0 Å². The van der Waals surface area contributed by atoms with Crippen LogP contribution >= 0.6 is 0 Å². The molecule has 0 rings (SSSR count). The summed E-state index contributed by atoms with van der Waals surface area (Å²) in [5.41, 5.74) is -0.316. The third-order valence-electron chi connectivity index (χ3n) is 3.30. The lowest BCUT2D eigenvalue weighted by Crippen LogP contribution is -2.12. The molecule has 0 amide bonds. The van der Waals surface area contributed by atoms with Crippen LogP contribution in [0, 0.1) is 5.92 Å². The summed E-state index contributed by atoms with van der Waals surface area (Å²) in [4.78, 5) is 0. The van der Waals surface area contributed by atoms with Gasteiger partial charge < -0.3 is 0 Å². The van der Waals surface area contributed by atoms with Crippen molar-refractivity contribution in [1.82, 2.24) is 0 Å². The lowest BCUT2D eigenvalue weighted by atomic mass is 10.0. The van der Waals surface area contributed by atoms with Crippen LogP contribution in [0.5, 0.6) is 0 Å². The molecule has 0 bridgehead atoms. The summed E-state index contributed by atoms with van der Waals surface area (Å²) in [6.07, 6.45) is 4.98. The normalized spacial score (nSPS) is 13.3. The van der Waals surface area contributed by atoms with Gasteiger partial charge in [0.1, 0.15) is 0 Å². The van der Waals surface area contributed by atoms with Crippen molar-refractivity contribution in [2.75, 3.05) is 0 Å². The molecule has 0 aliphatic heterocycles. The zero-order chi connectivity index (χ0) is 14.7. The Morgan fingerprint density at radius 3 is 2.11 bits per heavy atom. The van der Waals surface area contributed by atoms with Gasteiger partial charge in [0.15, 0.2) is 0 Å². The van der Waals surface area contributed by atoms with Crippen LogP contribution in [0.25, 0.3) is 0 Å². The van der Waals surface area contributed by atoms with Crippen LogP contribution in [0.3, 0.4) is 0 Å². The Morgan fingerprint density at radius 2 is 1.58 bits per heavy atom. The fraction of sp³-hybridized carbons (Fsp3) is 0.875. The monoisotopic (exact) mass is 278 g/mol. The first kappa shape index (κ1) is 18.5.